The SMILES string of the molecule is FC(F)(F)c1ccc2ncc(-c3nccc(C4CC5CCCC(C5)C4)n3)n2c1. The highest BCUT2D eigenvalue weighted by atomic mass is 19.4. The van der Waals surface area contributed by atoms with Crippen LogP contribution in [0.25, 0.3) is 17.2 Å². The summed E-state index contributed by atoms with van der Waals surface area (Å²) in [5, 5.41) is 0. The van der Waals surface area contributed by atoms with Gasteiger partial charge in [0, 0.05) is 24.0 Å². The Hall–Kier alpha value is -2.44. The van der Waals surface area contributed by atoms with Crippen molar-refractivity contribution in [2.75, 3.05) is 0 Å². The Bertz CT molecular complexity index is 998. The highest BCUT2D eigenvalue weighted by Crippen LogP contribution is 2.46. The summed E-state index contributed by atoms with van der Waals surface area (Å²) >= 11 is 0. The van der Waals surface area contributed by atoms with Crippen molar-refractivity contribution in [1.29, 1.82) is 0 Å². The lowest BCUT2D eigenvalue weighted by Gasteiger charge is -2.38. The number of halogens is 3. The Morgan fingerprint density at radius 1 is 0.964 bits per heavy atom. The van der Waals surface area contributed by atoms with Gasteiger partial charge in [0.05, 0.1) is 11.8 Å². The summed E-state index contributed by atoms with van der Waals surface area (Å²) in [5.41, 5.74) is 1.22. The van der Waals surface area contributed by atoms with E-state index in [1.54, 1.807) is 12.4 Å². The second-order valence-electron chi connectivity index (χ2n) is 8.16. The van der Waals surface area contributed by atoms with Gasteiger partial charge in [0.25, 0.3) is 0 Å². The summed E-state index contributed by atoms with van der Waals surface area (Å²) < 4.78 is 40.8. The first-order chi connectivity index (χ1) is 13.5. The standard InChI is InChI=1S/C21H21F3N4/c22-21(23,24)16-4-5-19-26-11-18(28(19)12-16)20-25-7-6-17(27-20)15-9-13-2-1-3-14(8-13)10-15/h4-7,11-15H,1-3,8-10H2. The molecular formula is C21H21F3N4. The lowest BCUT2D eigenvalue weighted by molar-refractivity contribution is -0.137. The first-order valence-electron chi connectivity index (χ1n) is 9.85. The number of pyridine rings is 1. The van der Waals surface area contributed by atoms with E-state index >= 15 is 0 Å². The van der Waals surface area contributed by atoms with Crippen LogP contribution in [0.1, 0.15) is 55.7 Å². The zero-order valence-corrected chi connectivity index (χ0v) is 15.4. The third-order valence-corrected chi connectivity index (χ3v) is 6.28. The number of rotatable bonds is 2. The number of alkyl halides is 3. The Kier molecular flexibility index (Phi) is 4.14. The van der Waals surface area contributed by atoms with Crippen molar-refractivity contribution in [1.82, 2.24) is 19.4 Å². The number of fused-ring (bicyclic) bond motifs is 3. The van der Waals surface area contributed by atoms with Gasteiger partial charge in [-0.25, -0.2) is 15.0 Å². The molecule has 2 bridgehead atoms. The fourth-order valence-electron chi connectivity index (χ4n) is 5.01. The normalized spacial score (nSPS) is 25.2. The molecule has 2 aliphatic carbocycles. The zero-order chi connectivity index (χ0) is 19.3. The van der Waals surface area contributed by atoms with Crippen LogP contribution in [0.15, 0.2) is 36.8 Å². The summed E-state index contributed by atoms with van der Waals surface area (Å²) in [6.07, 6.45) is 7.51. The second kappa shape index (κ2) is 6.57. The molecule has 7 heteroatoms. The van der Waals surface area contributed by atoms with E-state index in [0.29, 0.717) is 23.1 Å². The second-order valence-corrected chi connectivity index (χ2v) is 8.16. The molecule has 0 saturated heterocycles. The van der Waals surface area contributed by atoms with Crippen molar-refractivity contribution in [2.45, 2.75) is 50.6 Å². The maximum Gasteiger partial charge on any atom is 0.417 e. The van der Waals surface area contributed by atoms with Crippen molar-refractivity contribution in [3.8, 4) is 11.5 Å². The molecule has 146 valence electrons. The molecule has 3 heterocycles. The molecule has 0 N–H and O–H groups in total. The fraction of sp³-hybridized carbons (Fsp3) is 0.476. The largest absolute Gasteiger partial charge is 0.417 e. The first kappa shape index (κ1) is 17.6. The predicted molar refractivity (Wildman–Crippen MR) is 98.6 cm³/mol. The summed E-state index contributed by atoms with van der Waals surface area (Å²) in [6, 6.07) is 4.38. The van der Waals surface area contributed by atoms with Crippen LogP contribution in [0.3, 0.4) is 0 Å². The molecular weight excluding hydrogens is 365 g/mol. The van der Waals surface area contributed by atoms with Crippen LogP contribution in [-0.4, -0.2) is 19.4 Å². The van der Waals surface area contributed by atoms with Crippen molar-refractivity contribution in [2.24, 2.45) is 11.8 Å². The van der Waals surface area contributed by atoms with Crippen LogP contribution in [0.2, 0.25) is 0 Å². The molecule has 0 spiro atoms. The summed E-state index contributed by atoms with van der Waals surface area (Å²) in [5.74, 6) is 2.40. The van der Waals surface area contributed by atoms with Crippen LogP contribution in [-0.2, 0) is 6.18 Å². The fourth-order valence-corrected chi connectivity index (χ4v) is 5.01. The third-order valence-electron chi connectivity index (χ3n) is 6.28. The Labute approximate surface area is 160 Å². The molecule has 2 atom stereocenters. The lowest BCUT2D eigenvalue weighted by atomic mass is 9.67. The summed E-state index contributed by atoms with van der Waals surface area (Å²) in [7, 11) is 0. The van der Waals surface area contributed by atoms with Gasteiger partial charge in [0.15, 0.2) is 5.82 Å². The van der Waals surface area contributed by atoms with Gasteiger partial charge in [-0.3, -0.25) is 4.40 Å². The third kappa shape index (κ3) is 3.16. The van der Waals surface area contributed by atoms with E-state index in [1.165, 1.54) is 36.2 Å². The van der Waals surface area contributed by atoms with E-state index in [9.17, 15) is 13.2 Å². The van der Waals surface area contributed by atoms with E-state index in [-0.39, 0.29) is 0 Å². The molecule has 2 unspecified atom stereocenters. The minimum absolute atomic E-state index is 0.413. The molecule has 28 heavy (non-hydrogen) atoms. The van der Waals surface area contributed by atoms with E-state index in [4.69, 9.17) is 4.98 Å². The molecule has 3 aromatic heterocycles. The Morgan fingerprint density at radius 3 is 2.50 bits per heavy atom. The number of hydrogen-bond acceptors (Lipinski definition) is 3. The Morgan fingerprint density at radius 2 is 1.75 bits per heavy atom. The van der Waals surface area contributed by atoms with Gasteiger partial charge in [-0.1, -0.05) is 19.3 Å². The van der Waals surface area contributed by atoms with Gasteiger partial charge in [0.1, 0.15) is 11.3 Å². The summed E-state index contributed by atoms with van der Waals surface area (Å²) in [4.78, 5) is 13.3. The smallest absolute Gasteiger partial charge is 0.296 e. The monoisotopic (exact) mass is 386 g/mol. The molecule has 2 aliphatic rings. The quantitative estimate of drug-likeness (QED) is 0.585. The highest BCUT2D eigenvalue weighted by molar-refractivity contribution is 5.57. The van der Waals surface area contributed by atoms with E-state index in [0.717, 1.165) is 42.6 Å². The number of nitrogens with zero attached hydrogens (tertiary/aromatic N) is 4. The average Bonchev–Trinajstić information content (AvgIpc) is 3.10. The molecule has 0 aromatic carbocycles. The van der Waals surface area contributed by atoms with Crippen LogP contribution < -0.4 is 0 Å². The van der Waals surface area contributed by atoms with Gasteiger partial charge in [-0.2, -0.15) is 13.2 Å². The van der Waals surface area contributed by atoms with E-state index < -0.39 is 11.7 Å². The van der Waals surface area contributed by atoms with Crippen molar-refractivity contribution >= 4 is 5.65 Å². The minimum Gasteiger partial charge on any atom is -0.296 e. The topological polar surface area (TPSA) is 43.1 Å². The molecule has 4 nitrogen and oxygen atoms in total. The first-order valence-corrected chi connectivity index (χ1v) is 9.85. The number of aromatic nitrogens is 4. The predicted octanol–water partition coefficient (Wildman–Crippen LogP) is 5.49. The zero-order valence-electron chi connectivity index (χ0n) is 15.4. The maximum absolute atomic E-state index is 13.1. The minimum atomic E-state index is -4.40. The van der Waals surface area contributed by atoms with Gasteiger partial charge < -0.3 is 0 Å². The lowest BCUT2D eigenvalue weighted by Crippen LogP contribution is -2.26. The van der Waals surface area contributed by atoms with Crippen molar-refractivity contribution < 1.29 is 13.2 Å². The maximum atomic E-state index is 13.1. The van der Waals surface area contributed by atoms with Gasteiger partial charge in [-0.05, 0) is 49.3 Å². The average molecular weight is 386 g/mol. The molecule has 2 fully saturated rings. The number of imidazole rings is 1. The van der Waals surface area contributed by atoms with Gasteiger partial charge in [0.2, 0.25) is 0 Å². The van der Waals surface area contributed by atoms with Crippen LogP contribution in [0.5, 0.6) is 0 Å². The van der Waals surface area contributed by atoms with E-state index in [2.05, 4.69) is 9.97 Å². The molecule has 0 radical (unpaired) electrons. The Balaban J connectivity index is 1.51. The van der Waals surface area contributed by atoms with E-state index in [1.807, 2.05) is 6.07 Å². The van der Waals surface area contributed by atoms with Gasteiger partial charge >= 0.3 is 6.18 Å². The van der Waals surface area contributed by atoms with Crippen LogP contribution in [0.4, 0.5) is 13.2 Å². The van der Waals surface area contributed by atoms with Gasteiger partial charge in [-0.15, -0.1) is 0 Å². The molecule has 0 aliphatic heterocycles. The molecule has 0 amide bonds. The number of hydrogen-bond donors (Lipinski definition) is 0. The molecule has 2 saturated carbocycles. The summed E-state index contributed by atoms with van der Waals surface area (Å²) in [6.45, 7) is 0. The van der Waals surface area contributed by atoms with Crippen LogP contribution in [0, 0.1) is 11.8 Å². The highest BCUT2D eigenvalue weighted by Gasteiger charge is 2.33. The van der Waals surface area contributed by atoms with Crippen molar-refractivity contribution in [3.05, 3.63) is 48.0 Å². The van der Waals surface area contributed by atoms with Crippen molar-refractivity contribution in [3.63, 3.8) is 0 Å². The van der Waals surface area contributed by atoms with Crippen LogP contribution >= 0.6 is 0 Å². The molecule has 3 aromatic rings. The molecule has 5 rings (SSSR count).